The molecule has 2 heterocycles. The summed E-state index contributed by atoms with van der Waals surface area (Å²) in [6, 6.07) is 9.90. The minimum atomic E-state index is -0.113. The van der Waals surface area contributed by atoms with Crippen LogP contribution in [-0.4, -0.2) is 25.3 Å². The van der Waals surface area contributed by atoms with E-state index in [2.05, 4.69) is 50.1 Å². The third kappa shape index (κ3) is 4.20. The molecule has 6 nitrogen and oxygen atoms in total. The van der Waals surface area contributed by atoms with Crippen molar-refractivity contribution < 1.29 is 14.2 Å². The van der Waals surface area contributed by atoms with Gasteiger partial charge in [-0.1, -0.05) is 27.7 Å². The van der Waals surface area contributed by atoms with Crippen LogP contribution in [0.5, 0.6) is 17.2 Å². The van der Waals surface area contributed by atoms with E-state index in [1.54, 1.807) is 7.11 Å². The molecule has 0 bridgehead atoms. The van der Waals surface area contributed by atoms with Gasteiger partial charge in [0.2, 0.25) is 0 Å². The highest BCUT2D eigenvalue weighted by atomic mass is 16.6. The van der Waals surface area contributed by atoms with Gasteiger partial charge in [-0.05, 0) is 47.2 Å². The van der Waals surface area contributed by atoms with Crippen molar-refractivity contribution in [1.29, 1.82) is 0 Å². The standard InChI is InChI=1S/C25H30N2O4/c1-14(2)19-10-18(11-20(15(3)4)24(19)29-5)26-13-17-8-16-9-22-23(31-7-6-30-22)12-21(16)27-25(17)28/h8-12,14-15,26H,6-7,13H2,1-5H3,(H,27,28). The number of rotatable bonds is 6. The Kier molecular flexibility index (Phi) is 5.81. The molecule has 164 valence electrons. The first-order chi connectivity index (χ1) is 14.9. The molecule has 6 heteroatoms. The number of H-pyrrole nitrogens is 1. The van der Waals surface area contributed by atoms with Gasteiger partial charge in [0.1, 0.15) is 19.0 Å². The van der Waals surface area contributed by atoms with Gasteiger partial charge in [0.25, 0.3) is 5.56 Å². The summed E-state index contributed by atoms with van der Waals surface area (Å²) in [4.78, 5) is 15.7. The molecule has 0 radical (unpaired) electrons. The van der Waals surface area contributed by atoms with E-state index in [1.165, 1.54) is 0 Å². The number of pyridine rings is 1. The third-order valence-corrected chi connectivity index (χ3v) is 5.66. The van der Waals surface area contributed by atoms with Gasteiger partial charge in [-0.25, -0.2) is 0 Å². The highest BCUT2D eigenvalue weighted by molar-refractivity contribution is 5.83. The average Bonchev–Trinajstić information content (AvgIpc) is 2.75. The maximum Gasteiger partial charge on any atom is 0.253 e. The Labute approximate surface area is 182 Å². The largest absolute Gasteiger partial charge is 0.496 e. The van der Waals surface area contributed by atoms with Gasteiger partial charge in [0.05, 0.1) is 12.6 Å². The third-order valence-electron chi connectivity index (χ3n) is 5.66. The molecule has 0 saturated heterocycles. The van der Waals surface area contributed by atoms with Crippen LogP contribution in [0.4, 0.5) is 5.69 Å². The number of hydrogen-bond acceptors (Lipinski definition) is 5. The molecule has 4 rings (SSSR count). The molecule has 0 saturated carbocycles. The molecule has 2 aromatic carbocycles. The number of methoxy groups -OCH3 is 1. The summed E-state index contributed by atoms with van der Waals surface area (Å²) >= 11 is 0. The minimum Gasteiger partial charge on any atom is -0.496 e. The summed E-state index contributed by atoms with van der Waals surface area (Å²) in [5.74, 6) is 2.98. The first-order valence-corrected chi connectivity index (χ1v) is 10.8. The molecule has 0 aliphatic carbocycles. The van der Waals surface area contributed by atoms with Crippen LogP contribution in [-0.2, 0) is 6.54 Å². The van der Waals surface area contributed by atoms with E-state index in [4.69, 9.17) is 14.2 Å². The van der Waals surface area contributed by atoms with Crippen LogP contribution in [0.25, 0.3) is 10.9 Å². The van der Waals surface area contributed by atoms with Crippen LogP contribution in [0.1, 0.15) is 56.2 Å². The van der Waals surface area contributed by atoms with Gasteiger partial charge in [0, 0.05) is 29.2 Å². The number of aromatic amines is 1. The highest BCUT2D eigenvalue weighted by Crippen LogP contribution is 2.37. The molecule has 0 atom stereocenters. The first kappa shape index (κ1) is 21.1. The number of nitrogens with one attached hydrogen (secondary N) is 2. The molecule has 1 aliphatic rings. The monoisotopic (exact) mass is 422 g/mol. The Morgan fingerprint density at radius 2 is 1.58 bits per heavy atom. The van der Waals surface area contributed by atoms with Gasteiger partial charge in [-0.3, -0.25) is 4.79 Å². The summed E-state index contributed by atoms with van der Waals surface area (Å²) in [5, 5.41) is 4.36. The molecule has 3 aromatic rings. The van der Waals surface area contributed by atoms with Crippen LogP contribution in [0.15, 0.2) is 35.1 Å². The van der Waals surface area contributed by atoms with E-state index in [1.807, 2.05) is 18.2 Å². The quantitative estimate of drug-likeness (QED) is 0.574. The topological polar surface area (TPSA) is 72.6 Å². The number of benzene rings is 2. The molecule has 2 N–H and O–H groups in total. The maximum absolute atomic E-state index is 12.7. The summed E-state index contributed by atoms with van der Waals surface area (Å²) < 4.78 is 17.0. The van der Waals surface area contributed by atoms with Crippen LogP contribution in [0.2, 0.25) is 0 Å². The van der Waals surface area contributed by atoms with E-state index >= 15 is 0 Å². The molecule has 31 heavy (non-hydrogen) atoms. The zero-order valence-corrected chi connectivity index (χ0v) is 18.8. The highest BCUT2D eigenvalue weighted by Gasteiger charge is 2.17. The fourth-order valence-corrected chi connectivity index (χ4v) is 3.99. The van der Waals surface area contributed by atoms with Crippen molar-refractivity contribution in [1.82, 2.24) is 4.98 Å². The van der Waals surface area contributed by atoms with Crippen LogP contribution in [0.3, 0.4) is 0 Å². The predicted molar refractivity (Wildman–Crippen MR) is 124 cm³/mol. The van der Waals surface area contributed by atoms with Crippen LogP contribution in [0, 0.1) is 0 Å². The fourth-order valence-electron chi connectivity index (χ4n) is 3.99. The second-order valence-corrected chi connectivity index (χ2v) is 8.56. The lowest BCUT2D eigenvalue weighted by Crippen LogP contribution is -2.17. The number of anilines is 1. The molecule has 1 aliphatic heterocycles. The van der Waals surface area contributed by atoms with Crippen molar-refractivity contribution in [2.45, 2.75) is 46.1 Å². The normalized spacial score (nSPS) is 13.1. The SMILES string of the molecule is COc1c(C(C)C)cc(NCc2cc3cc4c(cc3[nH]c2=O)OCCO4)cc1C(C)C. The van der Waals surface area contributed by atoms with E-state index in [0.717, 1.165) is 33.5 Å². The zero-order chi connectivity index (χ0) is 22.1. The Morgan fingerprint density at radius 3 is 2.16 bits per heavy atom. The summed E-state index contributed by atoms with van der Waals surface area (Å²) in [5.41, 5.74) is 4.59. The second-order valence-electron chi connectivity index (χ2n) is 8.56. The first-order valence-electron chi connectivity index (χ1n) is 10.8. The lowest BCUT2D eigenvalue weighted by molar-refractivity contribution is 0.172. The Balaban J connectivity index is 1.65. The van der Waals surface area contributed by atoms with Crippen LogP contribution < -0.4 is 25.1 Å². The number of fused-ring (bicyclic) bond motifs is 2. The smallest absolute Gasteiger partial charge is 0.253 e. The molecule has 1 aromatic heterocycles. The van der Waals surface area contributed by atoms with E-state index < -0.39 is 0 Å². The Morgan fingerprint density at radius 1 is 0.968 bits per heavy atom. The number of hydrogen-bond donors (Lipinski definition) is 2. The Bertz CT molecular complexity index is 1140. The molecule has 0 spiro atoms. The van der Waals surface area contributed by atoms with Crippen molar-refractivity contribution in [2.75, 3.05) is 25.6 Å². The summed E-state index contributed by atoms with van der Waals surface area (Å²) in [6.45, 7) is 10.1. The predicted octanol–water partition coefficient (Wildman–Crippen LogP) is 5.17. The van der Waals surface area contributed by atoms with Crippen molar-refractivity contribution in [3.05, 3.63) is 57.4 Å². The molecule has 0 fully saturated rings. The zero-order valence-electron chi connectivity index (χ0n) is 18.8. The van der Waals surface area contributed by atoms with E-state index in [-0.39, 0.29) is 5.56 Å². The van der Waals surface area contributed by atoms with Crippen molar-refractivity contribution in [3.8, 4) is 17.2 Å². The van der Waals surface area contributed by atoms with Gasteiger partial charge in [-0.15, -0.1) is 0 Å². The van der Waals surface area contributed by atoms with Crippen LogP contribution >= 0.6 is 0 Å². The number of ether oxygens (including phenoxy) is 3. The van der Waals surface area contributed by atoms with Crippen molar-refractivity contribution in [3.63, 3.8) is 0 Å². The minimum absolute atomic E-state index is 0.113. The fraction of sp³-hybridized carbons (Fsp3) is 0.400. The van der Waals surface area contributed by atoms with Gasteiger partial charge in [-0.2, -0.15) is 0 Å². The van der Waals surface area contributed by atoms with Gasteiger partial charge < -0.3 is 24.5 Å². The molecule has 0 unspecified atom stereocenters. The average molecular weight is 423 g/mol. The van der Waals surface area contributed by atoms with E-state index in [9.17, 15) is 4.79 Å². The lowest BCUT2D eigenvalue weighted by Gasteiger charge is -2.21. The maximum atomic E-state index is 12.7. The lowest BCUT2D eigenvalue weighted by atomic mass is 9.93. The van der Waals surface area contributed by atoms with Gasteiger partial charge >= 0.3 is 0 Å². The Hall–Kier alpha value is -3.15. The second kappa shape index (κ2) is 8.53. The number of aromatic nitrogens is 1. The van der Waals surface area contributed by atoms with Gasteiger partial charge in [0.15, 0.2) is 11.5 Å². The molecule has 0 amide bonds. The van der Waals surface area contributed by atoms with E-state index in [0.29, 0.717) is 48.7 Å². The molecular weight excluding hydrogens is 392 g/mol. The molecular formula is C25H30N2O4. The summed E-state index contributed by atoms with van der Waals surface area (Å²) in [7, 11) is 1.72. The van der Waals surface area contributed by atoms with Crippen molar-refractivity contribution in [2.24, 2.45) is 0 Å². The summed E-state index contributed by atoms with van der Waals surface area (Å²) in [6.07, 6.45) is 0. The van der Waals surface area contributed by atoms with Crippen molar-refractivity contribution >= 4 is 16.6 Å².